The Morgan fingerprint density at radius 1 is 1.25 bits per heavy atom. The largest absolute Gasteiger partial charge is 0.493 e. The molecule has 1 heterocycles. The molecule has 0 bridgehead atoms. The number of nitrogens with zero attached hydrogens (tertiary/aromatic N) is 2. The maximum absolute atomic E-state index is 5.80. The van der Waals surface area contributed by atoms with Gasteiger partial charge in [0.25, 0.3) is 0 Å². The Balaban J connectivity index is 1.45. The number of para-hydroxylation sites is 1. The van der Waals surface area contributed by atoms with E-state index in [0.29, 0.717) is 13.2 Å². The highest BCUT2D eigenvalue weighted by atomic mass is 16.5. The molecule has 1 aliphatic rings. The summed E-state index contributed by atoms with van der Waals surface area (Å²) in [7, 11) is 0. The molecule has 0 aliphatic heterocycles. The van der Waals surface area contributed by atoms with Crippen molar-refractivity contribution < 1.29 is 4.74 Å². The Kier molecular flexibility index (Phi) is 4.02. The van der Waals surface area contributed by atoms with Gasteiger partial charge in [-0.15, -0.1) is 0 Å². The third-order valence-corrected chi connectivity index (χ3v) is 3.64. The van der Waals surface area contributed by atoms with Crippen LogP contribution in [-0.4, -0.2) is 16.4 Å². The summed E-state index contributed by atoms with van der Waals surface area (Å²) in [5.41, 5.74) is 8.00. The zero-order valence-corrected chi connectivity index (χ0v) is 11.7. The Morgan fingerprint density at radius 2 is 2.10 bits per heavy atom. The minimum Gasteiger partial charge on any atom is -0.493 e. The molecule has 0 saturated heterocycles. The molecule has 1 fully saturated rings. The van der Waals surface area contributed by atoms with Crippen LogP contribution in [-0.2, 0) is 13.1 Å². The van der Waals surface area contributed by atoms with Gasteiger partial charge in [0.2, 0.25) is 0 Å². The zero-order chi connectivity index (χ0) is 13.8. The molecule has 0 spiro atoms. The first-order chi connectivity index (χ1) is 9.86. The van der Waals surface area contributed by atoms with Crippen LogP contribution in [0.5, 0.6) is 5.75 Å². The fourth-order valence-electron chi connectivity index (χ4n) is 2.32. The van der Waals surface area contributed by atoms with Gasteiger partial charge in [-0.25, -0.2) is 0 Å². The van der Waals surface area contributed by atoms with Gasteiger partial charge in [-0.2, -0.15) is 5.10 Å². The molecule has 1 aromatic heterocycles. The van der Waals surface area contributed by atoms with E-state index in [9.17, 15) is 0 Å². The van der Waals surface area contributed by atoms with Crippen LogP contribution in [0.1, 0.15) is 36.4 Å². The van der Waals surface area contributed by atoms with Crippen LogP contribution in [0.25, 0.3) is 0 Å². The van der Waals surface area contributed by atoms with Crippen LogP contribution < -0.4 is 10.5 Å². The number of benzene rings is 1. The van der Waals surface area contributed by atoms with Crippen molar-refractivity contribution in [3.63, 3.8) is 0 Å². The van der Waals surface area contributed by atoms with Gasteiger partial charge in [-0.1, -0.05) is 18.2 Å². The molecule has 4 nitrogen and oxygen atoms in total. The average Bonchev–Trinajstić information content (AvgIpc) is 3.23. The first-order valence-corrected chi connectivity index (χ1v) is 7.31. The molecular formula is C16H21N3O. The molecule has 1 aliphatic carbocycles. The minimum absolute atomic E-state index is 0.514. The predicted octanol–water partition coefficient (Wildman–Crippen LogP) is 2.69. The zero-order valence-electron chi connectivity index (χ0n) is 11.7. The van der Waals surface area contributed by atoms with Gasteiger partial charge in [0.15, 0.2) is 0 Å². The second-order valence-electron chi connectivity index (χ2n) is 5.29. The molecule has 2 N–H and O–H groups in total. The van der Waals surface area contributed by atoms with E-state index in [2.05, 4.69) is 17.4 Å². The molecule has 0 radical (unpaired) electrons. The summed E-state index contributed by atoms with van der Waals surface area (Å²) in [6, 6.07) is 10.1. The average molecular weight is 271 g/mol. The summed E-state index contributed by atoms with van der Waals surface area (Å²) in [6.45, 7) is 2.10. The highest BCUT2D eigenvalue weighted by Crippen LogP contribution is 2.38. The van der Waals surface area contributed by atoms with Crippen molar-refractivity contribution in [1.29, 1.82) is 0 Å². The molecule has 2 aromatic rings. The molecular weight excluding hydrogens is 250 g/mol. The van der Waals surface area contributed by atoms with E-state index in [1.807, 2.05) is 28.9 Å². The standard InChI is InChI=1S/C16H21N3O/c17-12-14-4-1-2-5-16(14)20-11-3-9-19-10-8-15(18-19)13-6-7-13/h1-2,4-5,8,10,13H,3,6-7,9,11-12,17H2. The van der Waals surface area contributed by atoms with E-state index >= 15 is 0 Å². The molecule has 1 saturated carbocycles. The maximum Gasteiger partial charge on any atom is 0.123 e. The molecule has 106 valence electrons. The van der Waals surface area contributed by atoms with Gasteiger partial charge in [0.1, 0.15) is 5.75 Å². The van der Waals surface area contributed by atoms with Crippen molar-refractivity contribution in [3.05, 3.63) is 47.8 Å². The Morgan fingerprint density at radius 3 is 2.90 bits per heavy atom. The van der Waals surface area contributed by atoms with E-state index in [0.717, 1.165) is 30.2 Å². The summed E-state index contributed by atoms with van der Waals surface area (Å²) >= 11 is 0. The molecule has 3 rings (SSSR count). The number of nitrogens with two attached hydrogens (primary N) is 1. The van der Waals surface area contributed by atoms with Crippen molar-refractivity contribution in [3.8, 4) is 5.75 Å². The van der Waals surface area contributed by atoms with Gasteiger partial charge >= 0.3 is 0 Å². The van der Waals surface area contributed by atoms with Crippen LogP contribution in [0, 0.1) is 0 Å². The summed E-state index contributed by atoms with van der Waals surface area (Å²) < 4.78 is 7.81. The summed E-state index contributed by atoms with van der Waals surface area (Å²) in [5, 5.41) is 4.59. The second-order valence-corrected chi connectivity index (χ2v) is 5.29. The monoisotopic (exact) mass is 271 g/mol. The third kappa shape index (κ3) is 3.20. The van der Waals surface area contributed by atoms with Crippen LogP contribution in [0.2, 0.25) is 0 Å². The lowest BCUT2D eigenvalue weighted by Gasteiger charge is -2.10. The van der Waals surface area contributed by atoms with E-state index < -0.39 is 0 Å². The van der Waals surface area contributed by atoms with Gasteiger partial charge in [-0.05, 0) is 25.0 Å². The molecule has 20 heavy (non-hydrogen) atoms. The van der Waals surface area contributed by atoms with Crippen LogP contribution in [0.3, 0.4) is 0 Å². The van der Waals surface area contributed by atoms with Gasteiger partial charge in [0, 0.05) is 37.2 Å². The van der Waals surface area contributed by atoms with Crippen molar-refractivity contribution in [2.24, 2.45) is 5.73 Å². The van der Waals surface area contributed by atoms with Crippen molar-refractivity contribution in [1.82, 2.24) is 9.78 Å². The highest BCUT2D eigenvalue weighted by Gasteiger charge is 2.25. The van der Waals surface area contributed by atoms with Crippen LogP contribution in [0.15, 0.2) is 36.5 Å². The van der Waals surface area contributed by atoms with Crippen molar-refractivity contribution in [2.75, 3.05) is 6.61 Å². The lowest BCUT2D eigenvalue weighted by molar-refractivity contribution is 0.295. The molecule has 4 heteroatoms. The Labute approximate surface area is 119 Å². The molecule has 0 atom stereocenters. The van der Waals surface area contributed by atoms with Gasteiger partial charge in [0.05, 0.1) is 12.3 Å². The lowest BCUT2D eigenvalue weighted by Crippen LogP contribution is -2.07. The summed E-state index contributed by atoms with van der Waals surface area (Å²) in [6.07, 6.45) is 5.62. The molecule has 0 unspecified atom stereocenters. The van der Waals surface area contributed by atoms with E-state index in [1.165, 1.54) is 18.5 Å². The number of aromatic nitrogens is 2. The van der Waals surface area contributed by atoms with Crippen LogP contribution >= 0.6 is 0 Å². The maximum atomic E-state index is 5.80. The molecule has 1 aromatic carbocycles. The smallest absolute Gasteiger partial charge is 0.123 e. The predicted molar refractivity (Wildman–Crippen MR) is 78.6 cm³/mol. The first-order valence-electron chi connectivity index (χ1n) is 7.31. The fraction of sp³-hybridized carbons (Fsp3) is 0.438. The summed E-state index contributed by atoms with van der Waals surface area (Å²) in [4.78, 5) is 0. The third-order valence-electron chi connectivity index (χ3n) is 3.64. The summed E-state index contributed by atoms with van der Waals surface area (Å²) in [5.74, 6) is 1.62. The number of hydrogen-bond acceptors (Lipinski definition) is 3. The highest BCUT2D eigenvalue weighted by molar-refractivity contribution is 5.32. The Bertz CT molecular complexity index is 560. The number of aryl methyl sites for hydroxylation is 1. The topological polar surface area (TPSA) is 53.1 Å². The van der Waals surface area contributed by atoms with E-state index in [4.69, 9.17) is 10.5 Å². The number of rotatable bonds is 7. The van der Waals surface area contributed by atoms with E-state index in [-0.39, 0.29) is 0 Å². The van der Waals surface area contributed by atoms with Crippen molar-refractivity contribution in [2.45, 2.75) is 38.3 Å². The second kappa shape index (κ2) is 6.09. The number of ether oxygens (including phenoxy) is 1. The van der Waals surface area contributed by atoms with E-state index in [1.54, 1.807) is 0 Å². The SMILES string of the molecule is NCc1ccccc1OCCCn1ccc(C2CC2)n1. The minimum atomic E-state index is 0.514. The first kappa shape index (κ1) is 13.2. The fourth-order valence-corrected chi connectivity index (χ4v) is 2.32. The Hall–Kier alpha value is -1.81. The lowest BCUT2D eigenvalue weighted by atomic mass is 10.2. The quantitative estimate of drug-likeness (QED) is 0.788. The normalized spacial score (nSPS) is 14.4. The van der Waals surface area contributed by atoms with Gasteiger partial charge < -0.3 is 10.5 Å². The van der Waals surface area contributed by atoms with Gasteiger partial charge in [-0.3, -0.25) is 4.68 Å². The van der Waals surface area contributed by atoms with Crippen LogP contribution in [0.4, 0.5) is 0 Å². The number of hydrogen-bond donors (Lipinski definition) is 1. The molecule has 0 amide bonds. The van der Waals surface area contributed by atoms with Crippen molar-refractivity contribution >= 4 is 0 Å².